The number of allylic oxidation sites excluding steroid dienone is 4. The standard InChI is InChI=1S/C27H34O4/c1-18(2)12-15-22-21(17-14-20-10-8-7-9-11-20)24(27(29)31-6)25(28)23(26(22)30-5)16-13-19(3)4/h7-13,28H,14-17H2,1-6H3. The number of phenols is 1. The Morgan fingerprint density at radius 2 is 1.45 bits per heavy atom. The molecule has 0 amide bonds. The molecule has 0 atom stereocenters. The number of ether oxygens (including phenoxy) is 2. The van der Waals surface area contributed by atoms with Crippen LogP contribution >= 0.6 is 0 Å². The third kappa shape index (κ3) is 6.24. The molecule has 4 heteroatoms. The SMILES string of the molecule is COC(=O)c1c(O)c(CC=C(C)C)c(OC)c(CC=C(C)C)c1CCc1ccccc1. The van der Waals surface area contributed by atoms with Gasteiger partial charge in [0.1, 0.15) is 17.1 Å². The van der Waals surface area contributed by atoms with Crippen LogP contribution in [0.15, 0.2) is 53.6 Å². The molecule has 31 heavy (non-hydrogen) atoms. The van der Waals surface area contributed by atoms with Crippen molar-refractivity contribution in [3.8, 4) is 11.5 Å². The molecule has 0 spiro atoms. The molecule has 0 unspecified atom stereocenters. The highest BCUT2D eigenvalue weighted by Gasteiger charge is 2.27. The van der Waals surface area contributed by atoms with Gasteiger partial charge < -0.3 is 14.6 Å². The van der Waals surface area contributed by atoms with E-state index in [4.69, 9.17) is 9.47 Å². The van der Waals surface area contributed by atoms with Gasteiger partial charge in [-0.1, -0.05) is 53.6 Å². The number of hydrogen-bond donors (Lipinski definition) is 1. The summed E-state index contributed by atoms with van der Waals surface area (Å²) in [5.74, 6) is 0.0635. The first-order chi connectivity index (χ1) is 14.8. The highest BCUT2D eigenvalue weighted by Crippen LogP contribution is 2.41. The van der Waals surface area contributed by atoms with Crippen molar-refractivity contribution in [2.24, 2.45) is 0 Å². The van der Waals surface area contributed by atoms with Crippen molar-refractivity contribution in [1.29, 1.82) is 0 Å². The van der Waals surface area contributed by atoms with Crippen LogP contribution in [0.1, 0.15) is 60.3 Å². The van der Waals surface area contributed by atoms with Crippen LogP contribution < -0.4 is 4.74 Å². The number of methoxy groups -OCH3 is 2. The van der Waals surface area contributed by atoms with E-state index in [0.29, 0.717) is 30.6 Å². The monoisotopic (exact) mass is 422 g/mol. The lowest BCUT2D eigenvalue weighted by Crippen LogP contribution is -2.13. The third-order valence-electron chi connectivity index (χ3n) is 5.27. The van der Waals surface area contributed by atoms with Gasteiger partial charge in [-0.05, 0) is 64.5 Å². The Morgan fingerprint density at radius 3 is 1.97 bits per heavy atom. The minimum atomic E-state index is -0.528. The van der Waals surface area contributed by atoms with Gasteiger partial charge in [0.2, 0.25) is 0 Å². The van der Waals surface area contributed by atoms with Gasteiger partial charge in [0.05, 0.1) is 14.2 Å². The minimum Gasteiger partial charge on any atom is -0.507 e. The normalized spacial score (nSPS) is 10.4. The van der Waals surface area contributed by atoms with Crippen molar-refractivity contribution < 1.29 is 19.4 Å². The molecule has 0 saturated heterocycles. The van der Waals surface area contributed by atoms with E-state index in [-0.39, 0.29) is 11.3 Å². The molecule has 166 valence electrons. The van der Waals surface area contributed by atoms with E-state index in [9.17, 15) is 9.90 Å². The minimum absolute atomic E-state index is 0.0507. The fourth-order valence-electron chi connectivity index (χ4n) is 3.65. The van der Waals surface area contributed by atoms with Gasteiger partial charge in [-0.25, -0.2) is 4.79 Å². The molecule has 2 aromatic carbocycles. The fraction of sp³-hybridized carbons (Fsp3) is 0.370. The number of aryl methyl sites for hydroxylation is 1. The lowest BCUT2D eigenvalue weighted by atomic mass is 9.87. The van der Waals surface area contributed by atoms with Gasteiger partial charge in [0.15, 0.2) is 0 Å². The molecule has 0 saturated carbocycles. The summed E-state index contributed by atoms with van der Waals surface area (Å²) in [6.45, 7) is 8.09. The van der Waals surface area contributed by atoms with E-state index >= 15 is 0 Å². The second-order valence-electron chi connectivity index (χ2n) is 8.14. The van der Waals surface area contributed by atoms with Crippen molar-refractivity contribution >= 4 is 5.97 Å². The van der Waals surface area contributed by atoms with E-state index in [2.05, 4.69) is 18.2 Å². The largest absolute Gasteiger partial charge is 0.507 e. The first-order valence-corrected chi connectivity index (χ1v) is 10.6. The Balaban J connectivity index is 2.74. The number of carbonyl (C=O) groups is 1. The summed E-state index contributed by atoms with van der Waals surface area (Å²) in [5, 5.41) is 11.2. The number of phenolic OH excluding ortho intramolecular Hbond substituents is 1. The summed E-state index contributed by atoms with van der Waals surface area (Å²) >= 11 is 0. The molecule has 1 N–H and O–H groups in total. The molecule has 0 bridgehead atoms. The van der Waals surface area contributed by atoms with Gasteiger partial charge in [-0.3, -0.25) is 0 Å². The molecule has 0 aliphatic rings. The second kappa shape index (κ2) is 11.4. The van der Waals surface area contributed by atoms with Crippen LogP contribution in [0.3, 0.4) is 0 Å². The average molecular weight is 423 g/mol. The number of esters is 1. The van der Waals surface area contributed by atoms with Crippen LogP contribution in [0, 0.1) is 0 Å². The summed E-state index contributed by atoms with van der Waals surface area (Å²) in [5.41, 5.74) is 6.03. The van der Waals surface area contributed by atoms with E-state index in [1.807, 2.05) is 52.0 Å². The maximum absolute atomic E-state index is 12.8. The molecular formula is C27H34O4. The van der Waals surface area contributed by atoms with Crippen molar-refractivity contribution in [2.75, 3.05) is 14.2 Å². The summed E-state index contributed by atoms with van der Waals surface area (Å²) in [6.07, 6.45) is 6.55. The van der Waals surface area contributed by atoms with Gasteiger partial charge in [-0.2, -0.15) is 0 Å². The lowest BCUT2D eigenvalue weighted by Gasteiger charge is -2.22. The maximum atomic E-state index is 12.8. The first kappa shape index (κ1) is 24.3. The predicted molar refractivity (Wildman–Crippen MR) is 126 cm³/mol. The van der Waals surface area contributed by atoms with Crippen molar-refractivity contribution in [2.45, 2.75) is 53.4 Å². The molecule has 0 aliphatic carbocycles. The molecule has 2 aromatic rings. The van der Waals surface area contributed by atoms with Crippen LogP contribution in [0.2, 0.25) is 0 Å². The van der Waals surface area contributed by atoms with E-state index in [1.165, 1.54) is 18.2 Å². The first-order valence-electron chi connectivity index (χ1n) is 10.6. The zero-order valence-corrected chi connectivity index (χ0v) is 19.5. The van der Waals surface area contributed by atoms with Gasteiger partial charge in [0, 0.05) is 11.1 Å². The highest BCUT2D eigenvalue weighted by atomic mass is 16.5. The van der Waals surface area contributed by atoms with Crippen LogP contribution in [0.5, 0.6) is 11.5 Å². The molecule has 0 aromatic heterocycles. The van der Waals surface area contributed by atoms with Gasteiger partial charge in [0.25, 0.3) is 0 Å². The molecule has 2 rings (SSSR count). The zero-order valence-electron chi connectivity index (χ0n) is 19.5. The average Bonchev–Trinajstić information content (AvgIpc) is 2.75. The smallest absolute Gasteiger partial charge is 0.341 e. The molecule has 0 fully saturated rings. The molecule has 0 aliphatic heterocycles. The molecule has 0 radical (unpaired) electrons. The topological polar surface area (TPSA) is 55.8 Å². The number of rotatable bonds is 9. The summed E-state index contributed by atoms with van der Waals surface area (Å²) in [6, 6.07) is 10.1. The van der Waals surface area contributed by atoms with Gasteiger partial charge in [-0.15, -0.1) is 0 Å². The van der Waals surface area contributed by atoms with Crippen molar-refractivity contribution in [3.05, 3.63) is 81.4 Å². The molecule has 0 heterocycles. The summed E-state index contributed by atoms with van der Waals surface area (Å²) in [7, 11) is 2.96. The number of carbonyl (C=O) groups excluding carboxylic acids is 1. The number of aromatic hydroxyl groups is 1. The Morgan fingerprint density at radius 1 is 0.871 bits per heavy atom. The van der Waals surface area contributed by atoms with Crippen LogP contribution in [0.4, 0.5) is 0 Å². The van der Waals surface area contributed by atoms with Crippen LogP contribution in [-0.4, -0.2) is 25.3 Å². The Labute approximate surface area is 186 Å². The van der Waals surface area contributed by atoms with E-state index in [1.54, 1.807) is 7.11 Å². The van der Waals surface area contributed by atoms with Gasteiger partial charge >= 0.3 is 5.97 Å². The van der Waals surface area contributed by atoms with E-state index < -0.39 is 5.97 Å². The summed E-state index contributed by atoms with van der Waals surface area (Å²) in [4.78, 5) is 12.8. The van der Waals surface area contributed by atoms with Crippen LogP contribution in [0.25, 0.3) is 0 Å². The van der Waals surface area contributed by atoms with Crippen LogP contribution in [-0.2, 0) is 30.4 Å². The molecular weight excluding hydrogens is 388 g/mol. The van der Waals surface area contributed by atoms with Crippen molar-refractivity contribution in [1.82, 2.24) is 0 Å². The van der Waals surface area contributed by atoms with E-state index in [0.717, 1.165) is 23.1 Å². The number of benzene rings is 2. The summed E-state index contributed by atoms with van der Waals surface area (Å²) < 4.78 is 10.9. The Hall–Kier alpha value is -3.01. The Kier molecular flexibility index (Phi) is 8.92. The highest BCUT2D eigenvalue weighted by molar-refractivity contribution is 5.96. The Bertz CT molecular complexity index is 961. The molecule has 4 nitrogen and oxygen atoms in total. The quantitative estimate of drug-likeness (QED) is 0.398. The fourth-order valence-corrected chi connectivity index (χ4v) is 3.65. The third-order valence-corrected chi connectivity index (χ3v) is 5.27. The van der Waals surface area contributed by atoms with Crippen molar-refractivity contribution in [3.63, 3.8) is 0 Å². The second-order valence-corrected chi connectivity index (χ2v) is 8.14. The maximum Gasteiger partial charge on any atom is 0.341 e. The zero-order chi connectivity index (χ0) is 23.0. The predicted octanol–water partition coefficient (Wildman–Crippen LogP) is 5.99. The lowest BCUT2D eigenvalue weighted by molar-refractivity contribution is 0.0595. The number of hydrogen-bond acceptors (Lipinski definition) is 4.